The van der Waals surface area contributed by atoms with Crippen LogP contribution in [0.4, 0.5) is 10.1 Å². The summed E-state index contributed by atoms with van der Waals surface area (Å²) >= 11 is 8.66. The molecular weight excluding hydrogens is 492 g/mol. The lowest BCUT2D eigenvalue weighted by atomic mass is 10.2. The highest BCUT2D eigenvalue weighted by Gasteiger charge is 2.07. The molecule has 0 saturated heterocycles. The molecule has 0 radical (unpaired) electrons. The lowest BCUT2D eigenvalue weighted by Gasteiger charge is -2.10. The number of hydrogen-bond donors (Lipinski definition) is 2. The van der Waals surface area contributed by atoms with E-state index >= 15 is 0 Å². The van der Waals surface area contributed by atoms with Crippen LogP contribution < -0.4 is 5.32 Å². The van der Waals surface area contributed by atoms with Crippen molar-refractivity contribution in [3.63, 3.8) is 0 Å². The summed E-state index contributed by atoms with van der Waals surface area (Å²) in [6, 6.07) is 8.28. The highest BCUT2D eigenvalue weighted by Crippen LogP contribution is 2.33. The molecule has 0 amide bonds. The van der Waals surface area contributed by atoms with Crippen molar-refractivity contribution >= 4 is 60.1 Å². The van der Waals surface area contributed by atoms with Gasteiger partial charge in [0.15, 0.2) is 0 Å². The second-order valence-corrected chi connectivity index (χ2v) is 6.76. The maximum atomic E-state index is 13.0. The second kappa shape index (κ2) is 6.41. The zero-order valence-corrected chi connectivity index (χ0v) is 14.9. The summed E-state index contributed by atoms with van der Waals surface area (Å²) in [4.78, 5) is 0. The Kier molecular flexibility index (Phi) is 5.08. The predicted molar refractivity (Wildman–Crippen MR) is 90.0 cm³/mol. The zero-order valence-electron chi connectivity index (χ0n) is 9.55. The minimum atomic E-state index is -0.245. The standard InChI is InChI=1S/C13H9Br2FINO/c14-9-3-7(4-10(15)13(9)19)6-18-12-2-1-8(16)5-11(12)17/h1-5,18-19H,6H2. The number of phenols is 1. The molecule has 0 atom stereocenters. The van der Waals surface area contributed by atoms with Crippen LogP contribution in [0.5, 0.6) is 5.75 Å². The lowest BCUT2D eigenvalue weighted by molar-refractivity contribution is 0.468. The van der Waals surface area contributed by atoms with Crippen molar-refractivity contribution in [3.05, 3.63) is 54.2 Å². The Bertz CT molecular complexity index is 599. The van der Waals surface area contributed by atoms with E-state index < -0.39 is 0 Å². The fourth-order valence-corrected chi connectivity index (χ4v) is 3.50. The van der Waals surface area contributed by atoms with Gasteiger partial charge in [0.1, 0.15) is 11.6 Å². The average molecular weight is 501 g/mol. The monoisotopic (exact) mass is 499 g/mol. The molecule has 2 aromatic rings. The Morgan fingerprint density at radius 1 is 1.16 bits per heavy atom. The van der Waals surface area contributed by atoms with E-state index in [1.165, 1.54) is 12.1 Å². The highest BCUT2D eigenvalue weighted by molar-refractivity contribution is 14.1. The van der Waals surface area contributed by atoms with Crippen molar-refractivity contribution in [2.45, 2.75) is 6.54 Å². The van der Waals surface area contributed by atoms with E-state index in [1.54, 1.807) is 6.07 Å². The normalized spacial score (nSPS) is 10.5. The summed E-state index contributed by atoms with van der Waals surface area (Å²) in [5.74, 6) is -0.0646. The van der Waals surface area contributed by atoms with Crippen LogP contribution in [0.15, 0.2) is 39.3 Å². The van der Waals surface area contributed by atoms with Crippen molar-refractivity contribution in [3.8, 4) is 5.75 Å². The molecule has 0 aliphatic rings. The summed E-state index contributed by atoms with van der Waals surface area (Å²) < 4.78 is 15.1. The maximum Gasteiger partial charge on any atom is 0.143 e. The van der Waals surface area contributed by atoms with Gasteiger partial charge in [0.25, 0.3) is 0 Å². The topological polar surface area (TPSA) is 32.3 Å². The van der Waals surface area contributed by atoms with Gasteiger partial charge in [-0.2, -0.15) is 0 Å². The molecule has 6 heteroatoms. The van der Waals surface area contributed by atoms with Gasteiger partial charge in [-0.25, -0.2) is 4.39 Å². The van der Waals surface area contributed by atoms with E-state index in [2.05, 4.69) is 59.8 Å². The number of phenolic OH excluding ortho intramolecular Hbond substituents is 1. The Hall–Kier alpha value is -0.340. The van der Waals surface area contributed by atoms with Crippen molar-refractivity contribution in [2.75, 3.05) is 5.32 Å². The van der Waals surface area contributed by atoms with Gasteiger partial charge < -0.3 is 10.4 Å². The van der Waals surface area contributed by atoms with Gasteiger partial charge in [-0.15, -0.1) is 0 Å². The third kappa shape index (κ3) is 3.82. The van der Waals surface area contributed by atoms with Crippen LogP contribution in [0.1, 0.15) is 5.56 Å². The maximum absolute atomic E-state index is 13.0. The Balaban J connectivity index is 2.14. The van der Waals surface area contributed by atoms with E-state index in [-0.39, 0.29) is 11.6 Å². The molecule has 2 rings (SSSR count). The number of nitrogens with one attached hydrogen (secondary N) is 1. The van der Waals surface area contributed by atoms with Crippen LogP contribution in [0, 0.1) is 9.39 Å². The predicted octanol–water partition coefficient (Wildman–Crippen LogP) is 5.27. The molecule has 19 heavy (non-hydrogen) atoms. The largest absolute Gasteiger partial charge is 0.506 e. The minimum absolute atomic E-state index is 0.181. The summed E-state index contributed by atoms with van der Waals surface area (Å²) in [5.41, 5.74) is 1.87. The Labute approximate surface area is 140 Å². The van der Waals surface area contributed by atoms with Crippen LogP contribution in [-0.2, 0) is 6.54 Å². The second-order valence-electron chi connectivity index (χ2n) is 3.89. The summed E-state index contributed by atoms with van der Waals surface area (Å²) in [7, 11) is 0. The molecule has 0 bridgehead atoms. The van der Waals surface area contributed by atoms with E-state index in [0.717, 1.165) is 14.8 Å². The zero-order chi connectivity index (χ0) is 14.0. The Morgan fingerprint density at radius 3 is 2.37 bits per heavy atom. The molecule has 0 aliphatic carbocycles. The first kappa shape index (κ1) is 15.1. The van der Waals surface area contributed by atoms with Gasteiger partial charge >= 0.3 is 0 Å². The van der Waals surface area contributed by atoms with E-state index in [1.807, 2.05) is 12.1 Å². The number of rotatable bonds is 3. The summed E-state index contributed by atoms with van der Waals surface area (Å²) in [5, 5.41) is 12.9. The van der Waals surface area contributed by atoms with Crippen molar-refractivity contribution in [1.82, 2.24) is 0 Å². The fraction of sp³-hybridized carbons (Fsp3) is 0.0769. The number of aromatic hydroxyl groups is 1. The number of hydrogen-bond acceptors (Lipinski definition) is 2. The van der Waals surface area contributed by atoms with Crippen molar-refractivity contribution in [2.24, 2.45) is 0 Å². The fourth-order valence-electron chi connectivity index (χ4n) is 1.55. The van der Waals surface area contributed by atoms with Gasteiger partial charge in [0, 0.05) is 15.8 Å². The molecule has 2 nitrogen and oxygen atoms in total. The van der Waals surface area contributed by atoms with Crippen molar-refractivity contribution in [1.29, 1.82) is 0 Å². The van der Waals surface area contributed by atoms with Gasteiger partial charge in [-0.3, -0.25) is 0 Å². The smallest absolute Gasteiger partial charge is 0.143 e. The van der Waals surface area contributed by atoms with Gasteiger partial charge in [0.05, 0.1) is 8.95 Å². The number of anilines is 1. The van der Waals surface area contributed by atoms with E-state index in [9.17, 15) is 9.50 Å². The molecule has 0 fully saturated rings. The van der Waals surface area contributed by atoms with Gasteiger partial charge in [0.2, 0.25) is 0 Å². The van der Waals surface area contributed by atoms with Crippen LogP contribution in [0.2, 0.25) is 0 Å². The highest BCUT2D eigenvalue weighted by atomic mass is 127. The van der Waals surface area contributed by atoms with Gasteiger partial charge in [-0.05, 0) is 90.3 Å². The van der Waals surface area contributed by atoms with E-state index in [4.69, 9.17) is 0 Å². The van der Waals surface area contributed by atoms with Crippen LogP contribution in [-0.4, -0.2) is 5.11 Å². The van der Waals surface area contributed by atoms with Crippen LogP contribution >= 0.6 is 54.5 Å². The molecule has 2 N–H and O–H groups in total. The minimum Gasteiger partial charge on any atom is -0.506 e. The molecule has 100 valence electrons. The Morgan fingerprint density at radius 2 is 1.79 bits per heavy atom. The van der Waals surface area contributed by atoms with Crippen LogP contribution in [0.3, 0.4) is 0 Å². The van der Waals surface area contributed by atoms with Crippen molar-refractivity contribution < 1.29 is 9.50 Å². The average Bonchev–Trinajstić information content (AvgIpc) is 2.34. The van der Waals surface area contributed by atoms with E-state index in [0.29, 0.717) is 15.5 Å². The molecule has 0 saturated carbocycles. The molecule has 0 aliphatic heterocycles. The lowest BCUT2D eigenvalue weighted by Crippen LogP contribution is -2.01. The third-order valence-corrected chi connectivity index (χ3v) is 4.59. The first-order valence-electron chi connectivity index (χ1n) is 5.33. The molecule has 0 spiro atoms. The molecular formula is C13H9Br2FINO. The number of benzene rings is 2. The summed E-state index contributed by atoms with van der Waals surface area (Å²) in [6.45, 7) is 0.582. The molecule has 0 unspecified atom stereocenters. The quantitative estimate of drug-likeness (QED) is 0.563. The molecule has 2 aromatic carbocycles. The molecule has 0 heterocycles. The first-order chi connectivity index (χ1) is 8.97. The van der Waals surface area contributed by atoms with Gasteiger partial charge in [-0.1, -0.05) is 0 Å². The van der Waals surface area contributed by atoms with Crippen LogP contribution in [0.25, 0.3) is 0 Å². The SMILES string of the molecule is Oc1c(Br)cc(CNc2ccc(F)cc2I)cc1Br. The molecule has 0 aromatic heterocycles. The summed E-state index contributed by atoms with van der Waals surface area (Å²) in [6.07, 6.45) is 0. The first-order valence-corrected chi connectivity index (χ1v) is 7.99. The third-order valence-electron chi connectivity index (χ3n) is 2.49. The number of halogens is 4.